The fourth-order valence-corrected chi connectivity index (χ4v) is 2.88. The van der Waals surface area contributed by atoms with Crippen LogP contribution in [-0.4, -0.2) is 27.0 Å². The number of aryl methyl sites for hydroxylation is 2. The second-order valence-electron chi connectivity index (χ2n) is 6.31. The molecule has 3 rings (SSSR count). The summed E-state index contributed by atoms with van der Waals surface area (Å²) in [4.78, 5) is 11.1. The highest BCUT2D eigenvalue weighted by molar-refractivity contribution is 7.71. The monoisotopic (exact) mass is 395 g/mol. The zero-order chi connectivity index (χ0) is 20.1. The van der Waals surface area contributed by atoms with Crippen molar-refractivity contribution in [1.82, 2.24) is 14.9 Å². The minimum absolute atomic E-state index is 0.111. The van der Waals surface area contributed by atoms with Gasteiger partial charge in [-0.3, -0.25) is 4.79 Å². The largest absolute Gasteiger partial charge is 0.485 e. The van der Waals surface area contributed by atoms with Crippen LogP contribution in [-0.2, 0) is 11.4 Å². The van der Waals surface area contributed by atoms with Gasteiger partial charge in [-0.05, 0) is 54.9 Å². The van der Waals surface area contributed by atoms with Gasteiger partial charge in [0.15, 0.2) is 5.82 Å². The summed E-state index contributed by atoms with van der Waals surface area (Å²) in [6.45, 7) is 5.71. The molecule has 2 aromatic carbocycles. The maximum Gasteiger partial charge on any atom is 0.221 e. The lowest BCUT2D eigenvalue weighted by Crippen LogP contribution is -2.06. The molecule has 0 aliphatic carbocycles. The van der Waals surface area contributed by atoms with Gasteiger partial charge in [-0.1, -0.05) is 30.3 Å². The molecule has 1 aromatic heterocycles. The summed E-state index contributed by atoms with van der Waals surface area (Å²) >= 11 is 5.27. The number of ether oxygens (including phenoxy) is 1. The zero-order valence-corrected chi connectivity index (χ0v) is 16.7. The minimum Gasteiger partial charge on any atom is -0.485 e. The number of aromatic nitrogens is 3. The summed E-state index contributed by atoms with van der Waals surface area (Å²) in [6, 6.07) is 13.3. The molecular formula is C20H21N5O2S. The second-order valence-corrected chi connectivity index (χ2v) is 6.70. The molecule has 144 valence electrons. The first kappa shape index (κ1) is 19.5. The Morgan fingerprint density at radius 2 is 1.93 bits per heavy atom. The van der Waals surface area contributed by atoms with Crippen LogP contribution in [0, 0.1) is 18.6 Å². The molecule has 8 heteroatoms. The van der Waals surface area contributed by atoms with E-state index in [1.807, 2.05) is 56.3 Å². The maximum atomic E-state index is 11.1. The molecule has 0 saturated heterocycles. The molecule has 2 N–H and O–H groups in total. The van der Waals surface area contributed by atoms with Crippen LogP contribution in [0.5, 0.6) is 5.75 Å². The number of nitrogens with one attached hydrogen (secondary N) is 2. The number of hydrogen-bond donors (Lipinski definition) is 2. The van der Waals surface area contributed by atoms with Gasteiger partial charge in [-0.15, -0.1) is 0 Å². The van der Waals surface area contributed by atoms with Gasteiger partial charge < -0.3 is 10.1 Å². The number of H-pyrrole nitrogens is 1. The molecule has 28 heavy (non-hydrogen) atoms. The van der Waals surface area contributed by atoms with Crippen LogP contribution in [0.2, 0.25) is 0 Å². The van der Waals surface area contributed by atoms with Gasteiger partial charge in [0.1, 0.15) is 12.4 Å². The molecule has 0 unspecified atom stereocenters. The Balaban J connectivity index is 1.75. The van der Waals surface area contributed by atoms with Crippen molar-refractivity contribution in [3.8, 4) is 5.75 Å². The third-order valence-electron chi connectivity index (χ3n) is 4.03. The summed E-state index contributed by atoms with van der Waals surface area (Å²) in [5.41, 5.74) is 3.71. The highest BCUT2D eigenvalue weighted by Crippen LogP contribution is 2.23. The van der Waals surface area contributed by atoms with Crippen molar-refractivity contribution in [2.45, 2.75) is 27.4 Å². The lowest BCUT2D eigenvalue weighted by atomic mass is 10.1. The Morgan fingerprint density at radius 1 is 1.25 bits per heavy atom. The lowest BCUT2D eigenvalue weighted by Gasteiger charge is -2.11. The molecule has 0 fully saturated rings. The number of anilines is 1. The van der Waals surface area contributed by atoms with E-state index in [0.29, 0.717) is 10.6 Å². The van der Waals surface area contributed by atoms with Crippen LogP contribution in [0.3, 0.4) is 0 Å². The molecule has 3 aromatic rings. The van der Waals surface area contributed by atoms with E-state index >= 15 is 0 Å². The Bertz CT molecular complexity index is 1050. The van der Waals surface area contributed by atoms with Crippen LogP contribution in [0.25, 0.3) is 0 Å². The maximum absolute atomic E-state index is 11.1. The first-order chi connectivity index (χ1) is 13.4. The normalized spacial score (nSPS) is 11.0. The van der Waals surface area contributed by atoms with Gasteiger partial charge in [-0.2, -0.15) is 14.9 Å². The van der Waals surface area contributed by atoms with Crippen molar-refractivity contribution >= 4 is 30.0 Å². The predicted octanol–water partition coefficient (Wildman–Crippen LogP) is 3.98. The van der Waals surface area contributed by atoms with E-state index in [1.165, 1.54) is 11.6 Å². The smallest absolute Gasteiger partial charge is 0.221 e. The van der Waals surface area contributed by atoms with Crippen molar-refractivity contribution in [3.05, 3.63) is 69.8 Å². The number of carbonyl (C=O) groups excluding carboxylic acids is 1. The van der Waals surface area contributed by atoms with Crippen LogP contribution < -0.4 is 10.1 Å². The topological polar surface area (TPSA) is 84.3 Å². The SMILES string of the molecule is CC(=O)Nc1ccc(/C=N\n2c(COc3c(C)cccc3C)n[nH]c2=S)cc1. The number of nitrogens with zero attached hydrogens (tertiary/aromatic N) is 3. The summed E-state index contributed by atoms with van der Waals surface area (Å²) in [5.74, 6) is 1.29. The Kier molecular flexibility index (Phi) is 6.00. The van der Waals surface area contributed by atoms with E-state index in [1.54, 1.807) is 6.21 Å². The fraction of sp³-hybridized carbons (Fsp3) is 0.200. The van der Waals surface area contributed by atoms with Crippen LogP contribution in [0.4, 0.5) is 5.69 Å². The quantitative estimate of drug-likeness (QED) is 0.488. The number of rotatable bonds is 6. The number of benzene rings is 2. The number of para-hydroxylation sites is 1. The van der Waals surface area contributed by atoms with Crippen LogP contribution in [0.1, 0.15) is 29.4 Å². The standard InChI is InChI=1S/C20H21N5O2S/c1-13-5-4-6-14(2)19(13)27-12-18-23-24-20(28)25(18)21-11-16-7-9-17(10-8-16)22-15(3)26/h4-11H,12H2,1-3H3,(H,22,26)(H,24,28)/b21-11-. The number of amides is 1. The van der Waals surface area contributed by atoms with Gasteiger partial charge in [0, 0.05) is 12.6 Å². The summed E-state index contributed by atoms with van der Waals surface area (Å²) in [5, 5.41) is 14.1. The molecule has 0 atom stereocenters. The Morgan fingerprint density at radius 3 is 2.57 bits per heavy atom. The van der Waals surface area contributed by atoms with Gasteiger partial charge in [0.25, 0.3) is 0 Å². The van der Waals surface area contributed by atoms with Crippen LogP contribution >= 0.6 is 12.2 Å². The summed E-state index contributed by atoms with van der Waals surface area (Å²) in [6.07, 6.45) is 1.67. The third-order valence-corrected chi connectivity index (χ3v) is 4.29. The fourth-order valence-electron chi connectivity index (χ4n) is 2.68. The molecule has 0 aliphatic rings. The second kappa shape index (κ2) is 8.62. The van der Waals surface area contributed by atoms with E-state index in [-0.39, 0.29) is 12.5 Å². The number of carbonyl (C=O) groups is 1. The predicted molar refractivity (Wildman–Crippen MR) is 111 cm³/mol. The van der Waals surface area contributed by atoms with E-state index in [4.69, 9.17) is 17.0 Å². The van der Waals surface area contributed by atoms with Gasteiger partial charge in [0.2, 0.25) is 10.7 Å². The highest BCUT2D eigenvalue weighted by Gasteiger charge is 2.09. The van der Waals surface area contributed by atoms with E-state index in [0.717, 1.165) is 28.1 Å². The van der Waals surface area contributed by atoms with Crippen molar-refractivity contribution in [2.75, 3.05) is 5.32 Å². The van der Waals surface area contributed by atoms with Gasteiger partial charge in [-0.25, -0.2) is 5.10 Å². The van der Waals surface area contributed by atoms with Crippen molar-refractivity contribution < 1.29 is 9.53 Å². The lowest BCUT2D eigenvalue weighted by molar-refractivity contribution is -0.114. The molecule has 0 radical (unpaired) electrons. The molecule has 0 saturated carbocycles. The minimum atomic E-state index is -0.111. The Labute approximate surface area is 168 Å². The van der Waals surface area contributed by atoms with Crippen LogP contribution in [0.15, 0.2) is 47.6 Å². The Hall–Kier alpha value is -3.26. The first-order valence-electron chi connectivity index (χ1n) is 8.71. The van der Waals surface area contributed by atoms with E-state index < -0.39 is 0 Å². The molecule has 7 nitrogen and oxygen atoms in total. The summed E-state index contributed by atoms with van der Waals surface area (Å²) in [7, 11) is 0. The molecule has 0 spiro atoms. The number of hydrogen-bond acceptors (Lipinski definition) is 5. The van der Waals surface area contributed by atoms with E-state index in [9.17, 15) is 4.79 Å². The molecule has 1 amide bonds. The molecular weight excluding hydrogens is 374 g/mol. The first-order valence-corrected chi connectivity index (χ1v) is 9.12. The molecule has 0 aliphatic heterocycles. The van der Waals surface area contributed by atoms with Gasteiger partial charge >= 0.3 is 0 Å². The zero-order valence-electron chi connectivity index (χ0n) is 15.9. The molecule has 0 bridgehead atoms. The van der Waals surface area contributed by atoms with Crippen molar-refractivity contribution in [3.63, 3.8) is 0 Å². The molecule has 1 heterocycles. The highest BCUT2D eigenvalue weighted by atomic mass is 32.1. The average Bonchev–Trinajstić information content (AvgIpc) is 3.00. The summed E-state index contributed by atoms with van der Waals surface area (Å²) < 4.78 is 7.86. The van der Waals surface area contributed by atoms with Crippen molar-refractivity contribution in [2.24, 2.45) is 5.10 Å². The van der Waals surface area contributed by atoms with E-state index in [2.05, 4.69) is 20.6 Å². The van der Waals surface area contributed by atoms with Crippen molar-refractivity contribution in [1.29, 1.82) is 0 Å². The average molecular weight is 395 g/mol. The van der Waals surface area contributed by atoms with Gasteiger partial charge in [0.05, 0.1) is 6.21 Å². The third kappa shape index (κ3) is 4.72. The number of aromatic amines is 1.